The summed E-state index contributed by atoms with van der Waals surface area (Å²) in [6, 6.07) is 6.11. The number of nitrogens with one attached hydrogen (secondary N) is 1. The van der Waals surface area contributed by atoms with Gasteiger partial charge in [-0.2, -0.15) is 0 Å². The molecule has 0 saturated carbocycles. The zero-order valence-corrected chi connectivity index (χ0v) is 10.5. The normalized spacial score (nSPS) is 11.5. The average Bonchev–Trinajstić information content (AvgIpc) is 2.71. The number of aryl methyl sites for hydroxylation is 1. The number of aromatic nitrogens is 2. The lowest BCUT2D eigenvalue weighted by molar-refractivity contribution is -0.144. The number of nitrogens with zero attached hydrogens (tertiary/aromatic N) is 1. The summed E-state index contributed by atoms with van der Waals surface area (Å²) in [5.41, 5.74) is 3.16. The first-order valence-corrected chi connectivity index (χ1v) is 5.94. The van der Waals surface area contributed by atoms with E-state index in [1.807, 2.05) is 26.0 Å². The van der Waals surface area contributed by atoms with Crippen molar-refractivity contribution in [1.82, 2.24) is 9.97 Å². The van der Waals surface area contributed by atoms with Crippen molar-refractivity contribution in [2.75, 3.05) is 13.2 Å². The molecule has 0 fully saturated rings. The van der Waals surface area contributed by atoms with Crippen LogP contribution in [0.1, 0.15) is 31.5 Å². The summed E-state index contributed by atoms with van der Waals surface area (Å²) in [7, 11) is 0. The lowest BCUT2D eigenvalue weighted by atomic mass is 10.2. The molecule has 4 heteroatoms. The van der Waals surface area contributed by atoms with Crippen molar-refractivity contribution in [2.45, 2.75) is 27.1 Å². The van der Waals surface area contributed by atoms with E-state index in [1.165, 1.54) is 5.56 Å². The van der Waals surface area contributed by atoms with Gasteiger partial charge in [0.1, 0.15) is 0 Å². The van der Waals surface area contributed by atoms with Gasteiger partial charge in [-0.05, 0) is 38.5 Å². The van der Waals surface area contributed by atoms with Gasteiger partial charge in [0.25, 0.3) is 0 Å². The summed E-state index contributed by atoms with van der Waals surface area (Å²) in [5, 5.41) is 0. The fourth-order valence-corrected chi connectivity index (χ4v) is 1.76. The SMILES string of the molecule is CCOC(OCC)c1nc2ccc(C)cc2[nH]1. The number of ether oxygens (including phenoxy) is 2. The predicted octanol–water partition coefficient (Wildman–Crippen LogP) is 2.94. The van der Waals surface area contributed by atoms with Gasteiger partial charge in [0.15, 0.2) is 5.82 Å². The van der Waals surface area contributed by atoms with Crippen LogP contribution in [0.5, 0.6) is 0 Å². The maximum atomic E-state index is 5.51. The van der Waals surface area contributed by atoms with Gasteiger partial charge in [-0.1, -0.05) is 6.07 Å². The molecule has 0 radical (unpaired) electrons. The second kappa shape index (κ2) is 5.29. The molecule has 0 aliphatic carbocycles. The van der Waals surface area contributed by atoms with Gasteiger partial charge >= 0.3 is 0 Å². The number of H-pyrrole nitrogens is 1. The van der Waals surface area contributed by atoms with Crippen LogP contribution in [-0.4, -0.2) is 23.2 Å². The van der Waals surface area contributed by atoms with Crippen LogP contribution in [0.15, 0.2) is 18.2 Å². The Bertz CT molecular complexity index is 487. The van der Waals surface area contributed by atoms with Crippen LogP contribution in [0.4, 0.5) is 0 Å². The molecular formula is C13H18N2O2. The molecule has 2 rings (SSSR count). The molecule has 1 N–H and O–H groups in total. The topological polar surface area (TPSA) is 47.1 Å². The second-order valence-corrected chi connectivity index (χ2v) is 3.89. The number of fused-ring (bicyclic) bond motifs is 1. The highest BCUT2D eigenvalue weighted by atomic mass is 16.7. The summed E-state index contributed by atoms with van der Waals surface area (Å²) < 4.78 is 11.0. The lowest BCUT2D eigenvalue weighted by Gasteiger charge is -2.13. The van der Waals surface area contributed by atoms with Gasteiger partial charge in [-0.25, -0.2) is 4.98 Å². The minimum Gasteiger partial charge on any atom is -0.346 e. The molecule has 0 unspecified atom stereocenters. The highest BCUT2D eigenvalue weighted by Gasteiger charge is 2.15. The molecule has 0 aliphatic rings. The van der Waals surface area contributed by atoms with E-state index in [1.54, 1.807) is 0 Å². The molecule has 0 aliphatic heterocycles. The first kappa shape index (κ1) is 12.1. The van der Waals surface area contributed by atoms with Gasteiger partial charge < -0.3 is 14.5 Å². The Morgan fingerprint density at radius 3 is 2.59 bits per heavy atom. The summed E-state index contributed by atoms with van der Waals surface area (Å²) in [4.78, 5) is 7.73. The third kappa shape index (κ3) is 2.65. The summed E-state index contributed by atoms with van der Waals surface area (Å²) >= 11 is 0. The van der Waals surface area contributed by atoms with Crippen LogP contribution in [-0.2, 0) is 9.47 Å². The van der Waals surface area contributed by atoms with Crippen molar-refractivity contribution in [1.29, 1.82) is 0 Å². The Morgan fingerprint density at radius 1 is 1.24 bits per heavy atom. The van der Waals surface area contributed by atoms with Crippen LogP contribution < -0.4 is 0 Å². The van der Waals surface area contributed by atoms with Crippen molar-refractivity contribution in [3.05, 3.63) is 29.6 Å². The molecule has 0 saturated heterocycles. The van der Waals surface area contributed by atoms with Crippen molar-refractivity contribution >= 4 is 11.0 Å². The first-order valence-electron chi connectivity index (χ1n) is 5.94. The van der Waals surface area contributed by atoms with Gasteiger partial charge in [-0.15, -0.1) is 0 Å². The second-order valence-electron chi connectivity index (χ2n) is 3.89. The molecule has 0 atom stereocenters. The molecule has 17 heavy (non-hydrogen) atoms. The van der Waals surface area contributed by atoms with Crippen LogP contribution in [0.3, 0.4) is 0 Å². The standard InChI is InChI=1S/C13H18N2O2/c1-4-16-13(17-5-2)12-14-10-7-6-9(3)8-11(10)15-12/h6-8,13H,4-5H2,1-3H3,(H,14,15). The molecule has 2 aromatic rings. The van der Waals surface area contributed by atoms with Gasteiger partial charge in [0.05, 0.1) is 11.0 Å². The van der Waals surface area contributed by atoms with Crippen LogP contribution >= 0.6 is 0 Å². The van der Waals surface area contributed by atoms with Gasteiger partial charge in [-0.3, -0.25) is 0 Å². The van der Waals surface area contributed by atoms with Crippen molar-refractivity contribution in [2.24, 2.45) is 0 Å². The summed E-state index contributed by atoms with van der Waals surface area (Å²) in [6.07, 6.45) is -0.405. The number of hydrogen-bond donors (Lipinski definition) is 1. The molecule has 1 heterocycles. The molecular weight excluding hydrogens is 216 g/mol. The molecule has 0 bridgehead atoms. The van der Waals surface area contributed by atoms with Gasteiger partial charge in [0.2, 0.25) is 6.29 Å². The monoisotopic (exact) mass is 234 g/mol. The Kier molecular flexibility index (Phi) is 3.76. The molecule has 92 valence electrons. The minimum absolute atomic E-state index is 0.405. The molecule has 0 spiro atoms. The summed E-state index contributed by atoms with van der Waals surface area (Å²) in [6.45, 7) is 7.14. The van der Waals surface area contributed by atoms with E-state index in [4.69, 9.17) is 9.47 Å². The van der Waals surface area contributed by atoms with E-state index in [9.17, 15) is 0 Å². The van der Waals surface area contributed by atoms with Crippen molar-refractivity contribution in [3.63, 3.8) is 0 Å². The maximum absolute atomic E-state index is 5.51. The lowest BCUT2D eigenvalue weighted by Crippen LogP contribution is -2.10. The largest absolute Gasteiger partial charge is 0.346 e. The Morgan fingerprint density at radius 2 is 1.94 bits per heavy atom. The number of hydrogen-bond acceptors (Lipinski definition) is 3. The Balaban J connectivity index is 2.33. The first-order chi connectivity index (χ1) is 8.24. The quantitative estimate of drug-likeness (QED) is 0.809. The molecule has 4 nitrogen and oxygen atoms in total. The van der Waals surface area contributed by atoms with E-state index in [0.29, 0.717) is 13.2 Å². The highest BCUT2D eigenvalue weighted by Crippen LogP contribution is 2.20. The highest BCUT2D eigenvalue weighted by molar-refractivity contribution is 5.75. The van der Waals surface area contributed by atoms with E-state index < -0.39 is 6.29 Å². The third-order valence-corrected chi connectivity index (χ3v) is 2.52. The fraction of sp³-hybridized carbons (Fsp3) is 0.462. The average molecular weight is 234 g/mol. The molecule has 1 aromatic heterocycles. The summed E-state index contributed by atoms with van der Waals surface area (Å²) in [5.74, 6) is 0.731. The van der Waals surface area contributed by atoms with E-state index in [-0.39, 0.29) is 0 Å². The number of benzene rings is 1. The molecule has 1 aromatic carbocycles. The zero-order valence-electron chi connectivity index (χ0n) is 10.5. The number of rotatable bonds is 5. The van der Waals surface area contributed by atoms with E-state index >= 15 is 0 Å². The predicted molar refractivity (Wildman–Crippen MR) is 66.8 cm³/mol. The number of aromatic amines is 1. The van der Waals surface area contributed by atoms with Crippen LogP contribution in [0.2, 0.25) is 0 Å². The van der Waals surface area contributed by atoms with Crippen LogP contribution in [0.25, 0.3) is 11.0 Å². The third-order valence-electron chi connectivity index (χ3n) is 2.52. The van der Waals surface area contributed by atoms with E-state index in [0.717, 1.165) is 16.9 Å². The zero-order chi connectivity index (χ0) is 12.3. The maximum Gasteiger partial charge on any atom is 0.217 e. The van der Waals surface area contributed by atoms with Gasteiger partial charge in [0, 0.05) is 13.2 Å². The Hall–Kier alpha value is -1.39. The minimum atomic E-state index is -0.405. The molecule has 0 amide bonds. The smallest absolute Gasteiger partial charge is 0.217 e. The Labute approximate surface area is 101 Å². The number of imidazole rings is 1. The van der Waals surface area contributed by atoms with Crippen LogP contribution in [0, 0.1) is 6.92 Å². The van der Waals surface area contributed by atoms with Crippen molar-refractivity contribution < 1.29 is 9.47 Å². The van der Waals surface area contributed by atoms with E-state index in [2.05, 4.69) is 23.0 Å². The van der Waals surface area contributed by atoms with Crippen molar-refractivity contribution in [3.8, 4) is 0 Å². The fourth-order valence-electron chi connectivity index (χ4n) is 1.76.